The fourth-order valence-electron chi connectivity index (χ4n) is 2.12. The van der Waals surface area contributed by atoms with E-state index < -0.39 is 0 Å². The van der Waals surface area contributed by atoms with Crippen molar-refractivity contribution in [1.82, 2.24) is 4.98 Å². The molecule has 0 atom stereocenters. The quantitative estimate of drug-likeness (QED) is 0.929. The van der Waals surface area contributed by atoms with Gasteiger partial charge in [-0.3, -0.25) is 4.98 Å². The van der Waals surface area contributed by atoms with Crippen molar-refractivity contribution in [1.29, 1.82) is 0 Å². The fraction of sp³-hybridized carbons (Fsp3) is 0.312. The molecule has 2 aromatic rings. The van der Waals surface area contributed by atoms with Crippen LogP contribution in [0.15, 0.2) is 30.5 Å². The summed E-state index contributed by atoms with van der Waals surface area (Å²) in [6, 6.07) is 7.97. The number of hydrogen-bond donors (Lipinski definition) is 1. The van der Waals surface area contributed by atoms with Gasteiger partial charge in [0, 0.05) is 30.7 Å². The highest BCUT2D eigenvalue weighted by Crippen LogP contribution is 2.23. The Morgan fingerprint density at radius 3 is 2.75 bits per heavy atom. The number of rotatable bonds is 4. The molecule has 2 rings (SSSR count). The monoisotopic (exact) mass is 271 g/mol. The molecule has 106 valence electrons. The first-order chi connectivity index (χ1) is 9.52. The van der Waals surface area contributed by atoms with E-state index in [1.165, 1.54) is 0 Å². The van der Waals surface area contributed by atoms with Gasteiger partial charge in [0.15, 0.2) is 0 Å². The van der Waals surface area contributed by atoms with Gasteiger partial charge in [0.2, 0.25) is 0 Å². The lowest BCUT2D eigenvalue weighted by molar-refractivity contribution is 0.415. The maximum atomic E-state index is 6.06. The Kier molecular flexibility index (Phi) is 4.13. The lowest BCUT2D eigenvalue weighted by atomic mass is 10.1. The second-order valence-corrected chi connectivity index (χ2v) is 4.98. The van der Waals surface area contributed by atoms with Crippen molar-refractivity contribution in [2.24, 2.45) is 0 Å². The number of pyridine rings is 1. The first kappa shape index (κ1) is 14.2. The summed E-state index contributed by atoms with van der Waals surface area (Å²) in [6.07, 6.45) is 1.83. The average Bonchev–Trinajstić information content (AvgIpc) is 2.48. The molecule has 0 bridgehead atoms. The molecule has 0 aliphatic heterocycles. The van der Waals surface area contributed by atoms with Crippen LogP contribution in [0.3, 0.4) is 0 Å². The third kappa shape index (κ3) is 2.85. The number of ether oxygens (including phenoxy) is 1. The summed E-state index contributed by atoms with van der Waals surface area (Å²) in [4.78, 5) is 6.63. The Bertz CT molecular complexity index is 611. The number of nitrogens with two attached hydrogens (primary N) is 1. The lowest BCUT2D eigenvalue weighted by Gasteiger charge is -2.21. The maximum Gasteiger partial charge on any atom is 0.120 e. The molecule has 1 heterocycles. The number of aromatic nitrogens is 1. The van der Waals surface area contributed by atoms with E-state index in [0.717, 1.165) is 33.9 Å². The van der Waals surface area contributed by atoms with Crippen LogP contribution in [0.5, 0.6) is 5.75 Å². The van der Waals surface area contributed by atoms with Crippen molar-refractivity contribution >= 4 is 11.4 Å². The highest BCUT2D eigenvalue weighted by Gasteiger charge is 2.09. The van der Waals surface area contributed by atoms with Crippen molar-refractivity contribution in [2.45, 2.75) is 20.4 Å². The zero-order valence-electron chi connectivity index (χ0n) is 12.5. The average molecular weight is 271 g/mol. The number of hydrogen-bond acceptors (Lipinski definition) is 4. The molecule has 4 nitrogen and oxygen atoms in total. The number of benzene rings is 1. The van der Waals surface area contributed by atoms with E-state index >= 15 is 0 Å². The number of aryl methyl sites for hydroxylation is 1. The zero-order valence-corrected chi connectivity index (χ0v) is 12.5. The second kappa shape index (κ2) is 5.82. The molecule has 1 aromatic heterocycles. The molecule has 0 amide bonds. The smallest absolute Gasteiger partial charge is 0.120 e. The Hall–Kier alpha value is -2.23. The van der Waals surface area contributed by atoms with Gasteiger partial charge in [-0.1, -0.05) is 6.07 Å². The number of methoxy groups -OCH3 is 1. The van der Waals surface area contributed by atoms with Crippen LogP contribution in [-0.4, -0.2) is 19.1 Å². The van der Waals surface area contributed by atoms with Gasteiger partial charge in [0.1, 0.15) is 5.75 Å². The van der Waals surface area contributed by atoms with Crippen molar-refractivity contribution in [3.8, 4) is 5.75 Å². The predicted octanol–water partition coefficient (Wildman–Crippen LogP) is 2.93. The van der Waals surface area contributed by atoms with E-state index in [0.29, 0.717) is 6.54 Å². The molecule has 0 unspecified atom stereocenters. The topological polar surface area (TPSA) is 51.4 Å². The molecule has 0 fully saturated rings. The van der Waals surface area contributed by atoms with E-state index in [4.69, 9.17) is 10.5 Å². The summed E-state index contributed by atoms with van der Waals surface area (Å²) in [5.74, 6) is 0.849. The minimum atomic E-state index is 0.712. The van der Waals surface area contributed by atoms with Crippen LogP contribution in [0.4, 0.5) is 11.4 Å². The van der Waals surface area contributed by atoms with Crippen LogP contribution < -0.4 is 15.4 Å². The third-order valence-corrected chi connectivity index (χ3v) is 3.56. The van der Waals surface area contributed by atoms with Crippen molar-refractivity contribution in [2.75, 3.05) is 24.8 Å². The van der Waals surface area contributed by atoms with Crippen LogP contribution >= 0.6 is 0 Å². The molecule has 20 heavy (non-hydrogen) atoms. The standard InChI is InChI=1S/C16H21N3O/c1-11-9-18-15(12(2)16(11)17)10-19(3)13-6-5-7-14(8-13)20-4/h5-9H,10H2,1-4H3,(H2,17,18). The van der Waals surface area contributed by atoms with Crippen molar-refractivity contribution in [3.63, 3.8) is 0 Å². The normalized spacial score (nSPS) is 10.4. The second-order valence-electron chi connectivity index (χ2n) is 4.98. The summed E-state index contributed by atoms with van der Waals surface area (Å²) < 4.78 is 5.25. The van der Waals surface area contributed by atoms with Gasteiger partial charge in [-0.2, -0.15) is 0 Å². The summed E-state index contributed by atoms with van der Waals surface area (Å²) in [7, 11) is 3.71. The molecule has 0 aliphatic rings. The molecule has 2 N–H and O–H groups in total. The number of anilines is 2. The SMILES string of the molecule is COc1cccc(N(C)Cc2ncc(C)c(N)c2C)c1. The van der Waals surface area contributed by atoms with Gasteiger partial charge in [-0.05, 0) is 37.1 Å². The molecular weight excluding hydrogens is 250 g/mol. The van der Waals surface area contributed by atoms with Crippen LogP contribution in [-0.2, 0) is 6.54 Å². The summed E-state index contributed by atoms with van der Waals surface area (Å²) >= 11 is 0. The molecule has 1 aromatic carbocycles. The van der Waals surface area contributed by atoms with Gasteiger partial charge in [-0.15, -0.1) is 0 Å². The largest absolute Gasteiger partial charge is 0.497 e. The van der Waals surface area contributed by atoms with E-state index in [-0.39, 0.29) is 0 Å². The molecule has 0 radical (unpaired) electrons. The molecular formula is C16H21N3O. The highest BCUT2D eigenvalue weighted by molar-refractivity contribution is 5.55. The van der Waals surface area contributed by atoms with Gasteiger partial charge in [0.05, 0.1) is 19.3 Å². The minimum Gasteiger partial charge on any atom is -0.497 e. The number of nitrogens with zero attached hydrogens (tertiary/aromatic N) is 2. The van der Waals surface area contributed by atoms with Gasteiger partial charge in [-0.25, -0.2) is 0 Å². The van der Waals surface area contributed by atoms with Crippen LogP contribution in [0.2, 0.25) is 0 Å². The molecule has 0 saturated carbocycles. The Labute approximate surface area is 120 Å². The van der Waals surface area contributed by atoms with Crippen molar-refractivity contribution < 1.29 is 4.74 Å². The lowest BCUT2D eigenvalue weighted by Crippen LogP contribution is -2.18. The first-order valence-electron chi connectivity index (χ1n) is 6.58. The van der Waals surface area contributed by atoms with Gasteiger partial charge in [0.25, 0.3) is 0 Å². The van der Waals surface area contributed by atoms with Gasteiger partial charge >= 0.3 is 0 Å². The van der Waals surface area contributed by atoms with E-state index in [1.807, 2.05) is 45.3 Å². The summed E-state index contributed by atoms with van der Waals surface area (Å²) in [5, 5.41) is 0. The Morgan fingerprint density at radius 1 is 1.30 bits per heavy atom. The molecule has 0 saturated heterocycles. The molecule has 0 aliphatic carbocycles. The highest BCUT2D eigenvalue weighted by atomic mass is 16.5. The Balaban J connectivity index is 2.23. The first-order valence-corrected chi connectivity index (χ1v) is 6.58. The Morgan fingerprint density at radius 2 is 2.05 bits per heavy atom. The van der Waals surface area contributed by atoms with Crippen LogP contribution in [0, 0.1) is 13.8 Å². The molecule has 4 heteroatoms. The summed E-state index contributed by atoms with van der Waals surface area (Å²) in [5.41, 5.74) is 11.1. The van der Waals surface area contributed by atoms with E-state index in [2.05, 4.69) is 16.0 Å². The minimum absolute atomic E-state index is 0.712. The summed E-state index contributed by atoms with van der Waals surface area (Å²) in [6.45, 7) is 4.71. The zero-order chi connectivity index (χ0) is 14.7. The molecule has 0 spiro atoms. The fourth-order valence-corrected chi connectivity index (χ4v) is 2.12. The van der Waals surface area contributed by atoms with Crippen molar-refractivity contribution in [3.05, 3.63) is 47.3 Å². The predicted molar refractivity (Wildman–Crippen MR) is 83.2 cm³/mol. The van der Waals surface area contributed by atoms with Crippen LogP contribution in [0.25, 0.3) is 0 Å². The van der Waals surface area contributed by atoms with Gasteiger partial charge < -0.3 is 15.4 Å². The van der Waals surface area contributed by atoms with Crippen LogP contribution in [0.1, 0.15) is 16.8 Å². The maximum absolute atomic E-state index is 6.06. The van der Waals surface area contributed by atoms with E-state index in [1.54, 1.807) is 7.11 Å². The van der Waals surface area contributed by atoms with E-state index in [9.17, 15) is 0 Å². The third-order valence-electron chi connectivity index (χ3n) is 3.56. The number of nitrogen functional groups attached to an aromatic ring is 1.